The minimum absolute atomic E-state index is 0.0300. The number of nitrogens with two attached hydrogens (primary N) is 1. The molecule has 2 heterocycles. The first-order chi connectivity index (χ1) is 16.3. The van der Waals surface area contributed by atoms with Crippen LogP contribution in [0.4, 0.5) is 4.39 Å². The van der Waals surface area contributed by atoms with Crippen LogP contribution >= 0.6 is 0 Å². The van der Waals surface area contributed by atoms with Gasteiger partial charge in [-0.3, -0.25) is 4.79 Å². The molecule has 2 aromatic carbocycles. The zero-order valence-electron chi connectivity index (χ0n) is 18.8. The lowest BCUT2D eigenvalue weighted by Gasteiger charge is -2.37. The highest BCUT2D eigenvalue weighted by Gasteiger charge is 2.44. The minimum atomic E-state index is -0.787. The van der Waals surface area contributed by atoms with Crippen LogP contribution in [0.15, 0.2) is 77.4 Å². The average molecular weight is 455 g/mol. The second-order valence-electron chi connectivity index (χ2n) is 9.33. The molecule has 0 radical (unpaired) electrons. The number of fused-ring (bicyclic) bond motifs is 1. The molecular formula is C27H22FN3O3. The van der Waals surface area contributed by atoms with Gasteiger partial charge in [0.05, 0.1) is 11.4 Å². The maximum Gasteiger partial charge on any atom is 0.224 e. The van der Waals surface area contributed by atoms with Gasteiger partial charge in [0.1, 0.15) is 29.0 Å². The van der Waals surface area contributed by atoms with Crippen LogP contribution in [-0.2, 0) is 9.53 Å². The van der Waals surface area contributed by atoms with Gasteiger partial charge < -0.3 is 15.2 Å². The molecule has 0 spiro atoms. The number of nitrogens with zero attached hydrogens (tertiary/aromatic N) is 2. The monoisotopic (exact) mass is 455 g/mol. The molecule has 0 bridgehead atoms. The van der Waals surface area contributed by atoms with Crippen molar-refractivity contribution in [3.8, 4) is 17.7 Å². The van der Waals surface area contributed by atoms with Crippen molar-refractivity contribution in [2.45, 2.75) is 32.6 Å². The highest BCUT2D eigenvalue weighted by molar-refractivity contribution is 6.00. The Morgan fingerprint density at radius 2 is 1.91 bits per heavy atom. The van der Waals surface area contributed by atoms with E-state index in [2.05, 4.69) is 11.1 Å². The third-order valence-electron chi connectivity index (χ3n) is 6.13. The molecule has 6 nitrogen and oxygen atoms in total. The van der Waals surface area contributed by atoms with Crippen LogP contribution in [0.25, 0.3) is 10.9 Å². The zero-order chi connectivity index (χ0) is 24.0. The molecule has 2 aliphatic rings. The van der Waals surface area contributed by atoms with Crippen molar-refractivity contribution in [2.75, 3.05) is 0 Å². The molecule has 5 rings (SSSR count). The number of carbonyl (C=O) groups is 1. The van der Waals surface area contributed by atoms with Gasteiger partial charge in [0, 0.05) is 29.4 Å². The van der Waals surface area contributed by atoms with Crippen molar-refractivity contribution in [2.24, 2.45) is 11.1 Å². The summed E-state index contributed by atoms with van der Waals surface area (Å²) in [6.07, 6.45) is 0.832. The van der Waals surface area contributed by atoms with Gasteiger partial charge in [-0.15, -0.1) is 0 Å². The first-order valence-electron chi connectivity index (χ1n) is 10.9. The maximum atomic E-state index is 13.5. The van der Waals surface area contributed by atoms with Gasteiger partial charge in [0.25, 0.3) is 0 Å². The molecule has 1 aromatic heterocycles. The number of halogens is 1. The van der Waals surface area contributed by atoms with E-state index in [1.165, 1.54) is 24.3 Å². The van der Waals surface area contributed by atoms with E-state index in [-0.39, 0.29) is 28.5 Å². The third-order valence-corrected chi connectivity index (χ3v) is 6.13. The smallest absolute Gasteiger partial charge is 0.224 e. The fourth-order valence-corrected chi connectivity index (χ4v) is 4.61. The molecule has 1 aliphatic heterocycles. The maximum absolute atomic E-state index is 13.5. The van der Waals surface area contributed by atoms with Crippen molar-refractivity contribution in [3.63, 3.8) is 0 Å². The molecule has 1 aliphatic carbocycles. The van der Waals surface area contributed by atoms with Crippen LogP contribution in [0.1, 0.15) is 38.2 Å². The lowest BCUT2D eigenvalue weighted by atomic mass is 9.70. The minimum Gasteiger partial charge on any atom is -0.444 e. The van der Waals surface area contributed by atoms with Crippen LogP contribution < -0.4 is 10.5 Å². The number of aromatic nitrogens is 1. The van der Waals surface area contributed by atoms with E-state index in [1.54, 1.807) is 0 Å². The number of ether oxygens (including phenoxy) is 2. The standard InChI is InChI=1S/C27H22FN3O3/c1-27(2)12-21(32)24-22(13-27)34-25(30)19(14-29)23(24)18-11-15-5-3-4-6-20(15)31-26(18)33-17-9-7-16(28)8-10-17/h3-11,23H,12-13,30H2,1-2H3. The molecule has 170 valence electrons. The van der Waals surface area contributed by atoms with Crippen molar-refractivity contribution in [1.82, 2.24) is 4.98 Å². The van der Waals surface area contributed by atoms with Crippen LogP contribution in [-0.4, -0.2) is 10.8 Å². The van der Waals surface area contributed by atoms with E-state index in [0.717, 1.165) is 5.39 Å². The summed E-state index contributed by atoms with van der Waals surface area (Å²) in [6.45, 7) is 3.99. The van der Waals surface area contributed by atoms with E-state index < -0.39 is 11.7 Å². The summed E-state index contributed by atoms with van der Waals surface area (Å²) < 4.78 is 25.3. The lowest BCUT2D eigenvalue weighted by molar-refractivity contribution is -0.119. The Balaban J connectivity index is 1.74. The number of hydrogen-bond acceptors (Lipinski definition) is 6. The van der Waals surface area contributed by atoms with Gasteiger partial charge in [-0.2, -0.15) is 5.26 Å². The molecule has 0 saturated carbocycles. The van der Waals surface area contributed by atoms with E-state index in [0.29, 0.717) is 41.0 Å². The number of ketones is 1. The Morgan fingerprint density at radius 1 is 1.18 bits per heavy atom. The molecule has 7 heteroatoms. The Labute approximate surface area is 196 Å². The van der Waals surface area contributed by atoms with Crippen molar-refractivity contribution >= 4 is 16.7 Å². The number of rotatable bonds is 3. The highest BCUT2D eigenvalue weighted by Crippen LogP contribution is 2.50. The molecule has 2 N–H and O–H groups in total. The first kappa shape index (κ1) is 21.7. The number of Topliss-reactive ketones (excluding diaryl/α,β-unsaturated/α-hetero) is 1. The molecular weight excluding hydrogens is 433 g/mol. The summed E-state index contributed by atoms with van der Waals surface area (Å²) in [5, 5.41) is 10.8. The first-order valence-corrected chi connectivity index (χ1v) is 10.9. The molecule has 34 heavy (non-hydrogen) atoms. The number of para-hydroxylation sites is 1. The molecule has 0 amide bonds. The fourth-order valence-electron chi connectivity index (χ4n) is 4.61. The summed E-state index contributed by atoms with van der Waals surface area (Å²) in [5.74, 6) is -0.250. The van der Waals surface area contributed by atoms with E-state index in [1.807, 2.05) is 44.2 Å². The quantitative estimate of drug-likeness (QED) is 0.551. The summed E-state index contributed by atoms with van der Waals surface area (Å²) in [6, 6.07) is 17.0. The van der Waals surface area contributed by atoms with Crippen LogP contribution in [0.5, 0.6) is 11.6 Å². The Morgan fingerprint density at radius 3 is 2.65 bits per heavy atom. The normalized spacial score (nSPS) is 19.5. The molecule has 0 fully saturated rings. The summed E-state index contributed by atoms with van der Waals surface area (Å²) in [5.41, 5.74) is 7.62. The predicted molar refractivity (Wildman–Crippen MR) is 124 cm³/mol. The van der Waals surface area contributed by atoms with Gasteiger partial charge in [0.15, 0.2) is 5.78 Å². The summed E-state index contributed by atoms with van der Waals surface area (Å²) >= 11 is 0. The molecule has 1 unspecified atom stereocenters. The summed E-state index contributed by atoms with van der Waals surface area (Å²) in [7, 11) is 0. The molecule has 1 atom stereocenters. The van der Waals surface area contributed by atoms with Crippen molar-refractivity contribution in [1.29, 1.82) is 5.26 Å². The number of benzene rings is 2. The predicted octanol–water partition coefficient (Wildman–Crippen LogP) is 5.62. The van der Waals surface area contributed by atoms with Crippen LogP contribution in [0.3, 0.4) is 0 Å². The van der Waals surface area contributed by atoms with Gasteiger partial charge in [0.2, 0.25) is 11.8 Å². The number of allylic oxidation sites excluding steroid dienone is 3. The van der Waals surface area contributed by atoms with E-state index in [9.17, 15) is 14.4 Å². The van der Waals surface area contributed by atoms with Gasteiger partial charge in [-0.25, -0.2) is 9.37 Å². The average Bonchev–Trinajstić information content (AvgIpc) is 2.78. The van der Waals surface area contributed by atoms with Crippen LogP contribution in [0.2, 0.25) is 0 Å². The topological polar surface area (TPSA) is 98.2 Å². The zero-order valence-corrected chi connectivity index (χ0v) is 18.8. The largest absolute Gasteiger partial charge is 0.444 e. The summed E-state index contributed by atoms with van der Waals surface area (Å²) in [4.78, 5) is 18.0. The Hall–Kier alpha value is -4.18. The van der Waals surface area contributed by atoms with Crippen molar-refractivity contribution < 1.29 is 18.7 Å². The van der Waals surface area contributed by atoms with Gasteiger partial charge in [-0.1, -0.05) is 32.0 Å². The number of pyridine rings is 1. The second kappa shape index (κ2) is 7.99. The lowest BCUT2D eigenvalue weighted by Crippen LogP contribution is -2.33. The highest BCUT2D eigenvalue weighted by atomic mass is 19.1. The third kappa shape index (κ3) is 3.77. The van der Waals surface area contributed by atoms with Crippen LogP contribution in [0, 0.1) is 22.6 Å². The van der Waals surface area contributed by atoms with Gasteiger partial charge in [-0.05, 0) is 41.8 Å². The van der Waals surface area contributed by atoms with E-state index in [4.69, 9.17) is 15.2 Å². The number of nitriles is 1. The number of carbonyl (C=O) groups excluding carboxylic acids is 1. The van der Waals surface area contributed by atoms with Crippen molar-refractivity contribution in [3.05, 3.63) is 88.8 Å². The SMILES string of the molecule is CC1(C)CC(=O)C2=C(C1)OC(N)=C(C#N)C2c1cc2ccccc2nc1Oc1ccc(F)cc1. The Bertz CT molecular complexity index is 1430. The fraction of sp³-hybridized carbons (Fsp3) is 0.222. The molecule has 0 saturated heterocycles. The Kier molecular flexibility index (Phi) is 5.09. The van der Waals surface area contributed by atoms with Gasteiger partial charge >= 0.3 is 0 Å². The number of hydrogen-bond donors (Lipinski definition) is 1. The van der Waals surface area contributed by atoms with E-state index >= 15 is 0 Å². The molecule has 3 aromatic rings. The second-order valence-corrected chi connectivity index (χ2v) is 9.33.